The van der Waals surface area contributed by atoms with Gasteiger partial charge in [-0.15, -0.1) is 0 Å². The largest absolute Gasteiger partial charge is 0.311 e. The lowest BCUT2D eigenvalue weighted by atomic mass is 9.95. The van der Waals surface area contributed by atoms with Gasteiger partial charge in [0.25, 0.3) is 0 Å². The molecule has 0 radical (unpaired) electrons. The van der Waals surface area contributed by atoms with Crippen molar-refractivity contribution in [2.24, 2.45) is 0 Å². The normalized spacial score (nSPS) is 19.7. The SMILES string of the molecule is CC(Cc1ccccc1F)NC1CCCCCCC1. The zero-order valence-electron chi connectivity index (χ0n) is 12.0. The summed E-state index contributed by atoms with van der Waals surface area (Å²) in [5, 5.41) is 3.70. The standard InChI is InChI=1S/C17H26FN/c1-14(13-15-9-7-8-12-17(15)18)19-16-10-5-3-2-4-6-11-16/h7-9,12,14,16,19H,2-6,10-11,13H2,1H3. The van der Waals surface area contributed by atoms with Crippen molar-refractivity contribution in [3.05, 3.63) is 35.6 Å². The molecule has 0 bridgehead atoms. The summed E-state index contributed by atoms with van der Waals surface area (Å²) >= 11 is 0. The Morgan fingerprint density at radius 2 is 1.74 bits per heavy atom. The third kappa shape index (κ3) is 4.94. The van der Waals surface area contributed by atoms with Crippen LogP contribution in [0, 0.1) is 5.82 Å². The maximum atomic E-state index is 13.6. The van der Waals surface area contributed by atoms with E-state index in [4.69, 9.17) is 0 Å². The highest BCUT2D eigenvalue weighted by molar-refractivity contribution is 5.18. The smallest absolute Gasteiger partial charge is 0.126 e. The van der Waals surface area contributed by atoms with E-state index in [1.165, 1.54) is 44.9 Å². The predicted octanol–water partition coefficient (Wildman–Crippen LogP) is 4.46. The molecule has 2 heteroatoms. The van der Waals surface area contributed by atoms with E-state index in [2.05, 4.69) is 12.2 Å². The lowest BCUT2D eigenvalue weighted by molar-refractivity contribution is 0.357. The molecule has 1 atom stereocenters. The molecule has 1 nitrogen and oxygen atoms in total. The molecule has 0 aromatic heterocycles. The lowest BCUT2D eigenvalue weighted by Gasteiger charge is -2.25. The topological polar surface area (TPSA) is 12.0 Å². The summed E-state index contributed by atoms with van der Waals surface area (Å²) in [7, 11) is 0. The maximum absolute atomic E-state index is 13.6. The summed E-state index contributed by atoms with van der Waals surface area (Å²) in [5.41, 5.74) is 0.827. The van der Waals surface area contributed by atoms with E-state index in [9.17, 15) is 4.39 Å². The molecule has 1 aromatic carbocycles. The molecule has 1 aliphatic carbocycles. The van der Waals surface area contributed by atoms with Gasteiger partial charge in [0.15, 0.2) is 0 Å². The van der Waals surface area contributed by atoms with Crippen molar-refractivity contribution in [1.29, 1.82) is 0 Å². The van der Waals surface area contributed by atoms with Crippen molar-refractivity contribution in [1.82, 2.24) is 5.32 Å². The maximum Gasteiger partial charge on any atom is 0.126 e. The Balaban J connectivity index is 1.82. The van der Waals surface area contributed by atoms with Gasteiger partial charge in [-0.2, -0.15) is 0 Å². The lowest BCUT2D eigenvalue weighted by Crippen LogP contribution is -2.38. The molecule has 0 spiro atoms. The van der Waals surface area contributed by atoms with Crippen LogP contribution in [0.15, 0.2) is 24.3 Å². The Labute approximate surface area is 116 Å². The first-order chi connectivity index (χ1) is 9.25. The molecule has 106 valence electrons. The van der Waals surface area contributed by atoms with Crippen LogP contribution in [0.2, 0.25) is 0 Å². The molecule has 0 heterocycles. The van der Waals surface area contributed by atoms with Crippen LogP contribution < -0.4 is 5.32 Å². The van der Waals surface area contributed by atoms with E-state index in [1.54, 1.807) is 12.1 Å². The molecule has 1 unspecified atom stereocenters. The number of nitrogens with one attached hydrogen (secondary N) is 1. The summed E-state index contributed by atoms with van der Waals surface area (Å²) in [5.74, 6) is -0.0752. The van der Waals surface area contributed by atoms with Crippen LogP contribution >= 0.6 is 0 Å². The number of rotatable bonds is 4. The van der Waals surface area contributed by atoms with Crippen LogP contribution in [0.5, 0.6) is 0 Å². The first-order valence-corrected chi connectivity index (χ1v) is 7.75. The molecule has 1 N–H and O–H groups in total. The van der Waals surface area contributed by atoms with Gasteiger partial charge in [0.2, 0.25) is 0 Å². The van der Waals surface area contributed by atoms with Gasteiger partial charge in [0.05, 0.1) is 0 Å². The van der Waals surface area contributed by atoms with Crippen LogP contribution in [-0.2, 0) is 6.42 Å². The minimum atomic E-state index is -0.0752. The van der Waals surface area contributed by atoms with Crippen molar-refractivity contribution in [2.75, 3.05) is 0 Å². The van der Waals surface area contributed by atoms with Crippen LogP contribution in [0.25, 0.3) is 0 Å². The summed E-state index contributed by atoms with van der Waals surface area (Å²) in [6, 6.07) is 8.10. The molecule has 1 saturated carbocycles. The van der Waals surface area contributed by atoms with Crippen LogP contribution in [-0.4, -0.2) is 12.1 Å². The van der Waals surface area contributed by atoms with Gasteiger partial charge in [0.1, 0.15) is 5.82 Å². The first-order valence-electron chi connectivity index (χ1n) is 7.75. The summed E-state index contributed by atoms with van der Waals surface area (Å²) in [6.07, 6.45) is 10.2. The molecular formula is C17H26FN. The fourth-order valence-electron chi connectivity index (χ4n) is 3.08. The van der Waals surface area contributed by atoms with E-state index in [0.717, 1.165) is 12.0 Å². The highest BCUT2D eigenvalue weighted by Gasteiger charge is 2.14. The second-order valence-corrected chi connectivity index (χ2v) is 5.91. The fourth-order valence-corrected chi connectivity index (χ4v) is 3.08. The number of hydrogen-bond acceptors (Lipinski definition) is 1. The van der Waals surface area contributed by atoms with E-state index in [0.29, 0.717) is 12.1 Å². The Kier molecular flexibility index (Phi) is 5.84. The van der Waals surface area contributed by atoms with Crippen molar-refractivity contribution in [2.45, 2.75) is 70.4 Å². The van der Waals surface area contributed by atoms with E-state index >= 15 is 0 Å². The zero-order valence-corrected chi connectivity index (χ0v) is 12.0. The van der Waals surface area contributed by atoms with E-state index in [1.807, 2.05) is 12.1 Å². The third-order valence-electron chi connectivity index (χ3n) is 4.11. The summed E-state index contributed by atoms with van der Waals surface area (Å²) in [6.45, 7) is 2.17. The van der Waals surface area contributed by atoms with Crippen molar-refractivity contribution < 1.29 is 4.39 Å². The highest BCUT2D eigenvalue weighted by atomic mass is 19.1. The van der Waals surface area contributed by atoms with Gasteiger partial charge < -0.3 is 5.32 Å². The van der Waals surface area contributed by atoms with Gasteiger partial charge >= 0.3 is 0 Å². The Bertz CT molecular complexity index is 369. The number of hydrogen-bond donors (Lipinski definition) is 1. The van der Waals surface area contributed by atoms with E-state index in [-0.39, 0.29) is 5.82 Å². The van der Waals surface area contributed by atoms with Crippen molar-refractivity contribution in [3.8, 4) is 0 Å². The molecule has 1 aliphatic rings. The molecule has 1 fully saturated rings. The fraction of sp³-hybridized carbons (Fsp3) is 0.647. The van der Waals surface area contributed by atoms with Gasteiger partial charge in [-0.3, -0.25) is 0 Å². The molecule has 0 amide bonds. The van der Waals surface area contributed by atoms with Gasteiger partial charge in [-0.1, -0.05) is 50.3 Å². The van der Waals surface area contributed by atoms with Gasteiger partial charge in [-0.25, -0.2) is 4.39 Å². The first kappa shape index (κ1) is 14.5. The molecular weight excluding hydrogens is 237 g/mol. The Hall–Kier alpha value is -0.890. The van der Waals surface area contributed by atoms with Crippen LogP contribution in [0.1, 0.15) is 57.4 Å². The highest BCUT2D eigenvalue weighted by Crippen LogP contribution is 2.18. The number of benzene rings is 1. The molecule has 0 aliphatic heterocycles. The quantitative estimate of drug-likeness (QED) is 0.845. The van der Waals surface area contributed by atoms with Crippen LogP contribution in [0.3, 0.4) is 0 Å². The summed E-state index contributed by atoms with van der Waals surface area (Å²) < 4.78 is 13.6. The van der Waals surface area contributed by atoms with Crippen molar-refractivity contribution in [3.63, 3.8) is 0 Å². The van der Waals surface area contributed by atoms with Gasteiger partial charge in [-0.05, 0) is 37.8 Å². The zero-order chi connectivity index (χ0) is 13.5. The second kappa shape index (κ2) is 7.64. The average Bonchev–Trinajstić information content (AvgIpc) is 2.35. The molecule has 1 aromatic rings. The molecule has 19 heavy (non-hydrogen) atoms. The molecule has 0 saturated heterocycles. The second-order valence-electron chi connectivity index (χ2n) is 5.91. The van der Waals surface area contributed by atoms with Crippen molar-refractivity contribution >= 4 is 0 Å². The van der Waals surface area contributed by atoms with Gasteiger partial charge in [0, 0.05) is 12.1 Å². The minimum Gasteiger partial charge on any atom is -0.311 e. The monoisotopic (exact) mass is 263 g/mol. The third-order valence-corrected chi connectivity index (χ3v) is 4.11. The predicted molar refractivity (Wildman–Crippen MR) is 78.8 cm³/mol. The average molecular weight is 263 g/mol. The summed E-state index contributed by atoms with van der Waals surface area (Å²) in [4.78, 5) is 0. The Morgan fingerprint density at radius 1 is 1.11 bits per heavy atom. The molecule has 2 rings (SSSR count). The number of halogens is 1. The van der Waals surface area contributed by atoms with E-state index < -0.39 is 0 Å². The van der Waals surface area contributed by atoms with Crippen LogP contribution in [0.4, 0.5) is 4.39 Å². The Morgan fingerprint density at radius 3 is 2.42 bits per heavy atom. The minimum absolute atomic E-state index is 0.0752.